The summed E-state index contributed by atoms with van der Waals surface area (Å²) in [5.41, 5.74) is -6.71. The zero-order valence-electron chi connectivity index (χ0n) is 41.3. The maximum absolute atomic E-state index is 14.9. The van der Waals surface area contributed by atoms with Crippen LogP contribution >= 0.6 is 0 Å². The molecule has 24 heteroatoms. The Kier molecular flexibility index (Phi) is 13.0. The van der Waals surface area contributed by atoms with E-state index in [2.05, 4.69) is 9.97 Å². The number of fused-ring (bicyclic) bond motifs is 3. The van der Waals surface area contributed by atoms with E-state index in [1.165, 1.54) is 54.2 Å². The summed E-state index contributed by atoms with van der Waals surface area (Å²) in [4.78, 5) is 93.5. The quantitative estimate of drug-likeness (QED) is 0.173. The van der Waals surface area contributed by atoms with Gasteiger partial charge in [-0.25, -0.2) is 24.4 Å². The summed E-state index contributed by atoms with van der Waals surface area (Å²) >= 11 is 0. The number of aromatic nitrogens is 10. The number of hydrogen-bond acceptors (Lipinski definition) is 13. The minimum Gasteiger partial charge on any atom is -0.390 e. The van der Waals surface area contributed by atoms with Gasteiger partial charge in [0.2, 0.25) is 0 Å². The van der Waals surface area contributed by atoms with Gasteiger partial charge in [-0.05, 0) is 115 Å². The van der Waals surface area contributed by atoms with Gasteiger partial charge in [0.15, 0.2) is 27.9 Å². The molecule has 0 radical (unpaired) electrons. The molecule has 9 rings (SSSR count). The van der Waals surface area contributed by atoms with Crippen molar-refractivity contribution in [3.63, 3.8) is 0 Å². The Bertz CT molecular complexity index is 3220. The molecule has 6 heterocycles. The molecule has 2 N–H and O–H groups in total. The van der Waals surface area contributed by atoms with Crippen molar-refractivity contribution in [2.24, 2.45) is 45.9 Å². The highest BCUT2D eigenvalue weighted by molar-refractivity contribution is 5.72. The Morgan fingerprint density at radius 2 is 1.18 bits per heavy atom. The number of anilines is 2. The molecule has 0 aromatic carbocycles. The molecule has 5 aromatic rings. The number of imidazole rings is 2. The predicted octanol–water partition coefficient (Wildman–Crippen LogP) is 2.23. The Morgan fingerprint density at radius 1 is 0.662 bits per heavy atom. The third-order valence-corrected chi connectivity index (χ3v) is 16.5. The second kappa shape index (κ2) is 18.4. The average molecular weight is 999 g/mol. The fourth-order valence-corrected chi connectivity index (χ4v) is 11.8. The van der Waals surface area contributed by atoms with Gasteiger partial charge in [-0.3, -0.25) is 41.8 Å². The SMILES string of the molecule is CN1CN(CCC2(O)CCC(Cn3c(=O)c4c(ncn4COC4(C(F)(F)F)CCC(CCn5c(=O)c6c(ncn6C)n(C)c5=O)CC4)n(C)c3=O)CC2)c2c1c(=O)n(CC1CCC(C)(O)CC1)c(=O)n2C. The summed E-state index contributed by atoms with van der Waals surface area (Å²) in [6, 6.07) is 0. The molecule has 0 spiro atoms. The van der Waals surface area contributed by atoms with E-state index in [4.69, 9.17) is 4.74 Å². The van der Waals surface area contributed by atoms with Crippen LogP contribution in [0.25, 0.3) is 22.3 Å². The first-order valence-electron chi connectivity index (χ1n) is 24.6. The first-order chi connectivity index (χ1) is 33.4. The molecule has 3 aliphatic carbocycles. The molecule has 1 aliphatic heterocycles. The number of hydrogen-bond donors (Lipinski definition) is 2. The lowest BCUT2D eigenvalue weighted by Crippen LogP contribution is -2.50. The van der Waals surface area contributed by atoms with Crippen molar-refractivity contribution in [2.45, 2.75) is 146 Å². The zero-order valence-corrected chi connectivity index (χ0v) is 41.3. The van der Waals surface area contributed by atoms with Crippen LogP contribution in [0.2, 0.25) is 0 Å². The van der Waals surface area contributed by atoms with Crippen LogP contribution in [0.15, 0.2) is 41.4 Å². The fourth-order valence-electron chi connectivity index (χ4n) is 11.8. The summed E-state index contributed by atoms with van der Waals surface area (Å²) in [7, 11) is 8.05. The molecular formula is C47H65F3N12O9. The van der Waals surface area contributed by atoms with Crippen LogP contribution in [0, 0.1) is 17.8 Å². The van der Waals surface area contributed by atoms with Gasteiger partial charge in [0.25, 0.3) is 16.7 Å². The third kappa shape index (κ3) is 9.01. The van der Waals surface area contributed by atoms with Crippen molar-refractivity contribution >= 4 is 33.8 Å². The lowest BCUT2D eigenvalue weighted by atomic mass is 9.77. The minimum atomic E-state index is -4.76. The molecular weight excluding hydrogens is 934 g/mol. The molecule has 21 nitrogen and oxygen atoms in total. The lowest BCUT2D eigenvalue weighted by molar-refractivity contribution is -0.299. The molecule has 0 atom stereocenters. The Morgan fingerprint density at radius 3 is 1.80 bits per heavy atom. The summed E-state index contributed by atoms with van der Waals surface area (Å²) < 4.78 is 60.7. The van der Waals surface area contributed by atoms with Gasteiger partial charge >= 0.3 is 23.2 Å². The number of alkyl halides is 3. The molecule has 388 valence electrons. The highest BCUT2D eigenvalue weighted by Crippen LogP contribution is 2.47. The molecule has 0 unspecified atom stereocenters. The van der Waals surface area contributed by atoms with E-state index in [0.29, 0.717) is 76.1 Å². The number of aliphatic hydroxyl groups is 2. The molecule has 0 saturated heterocycles. The highest BCUT2D eigenvalue weighted by Gasteiger charge is 2.57. The van der Waals surface area contributed by atoms with Crippen molar-refractivity contribution in [3.05, 3.63) is 75.2 Å². The zero-order chi connectivity index (χ0) is 51.1. The van der Waals surface area contributed by atoms with E-state index >= 15 is 0 Å². The van der Waals surface area contributed by atoms with Crippen LogP contribution in [-0.2, 0) is 59.3 Å². The van der Waals surface area contributed by atoms with Crippen LogP contribution in [0.1, 0.15) is 96.8 Å². The Hall–Kier alpha value is -5.75. The van der Waals surface area contributed by atoms with Gasteiger partial charge in [0, 0.05) is 61.4 Å². The monoisotopic (exact) mass is 998 g/mol. The van der Waals surface area contributed by atoms with Gasteiger partial charge < -0.3 is 33.9 Å². The maximum atomic E-state index is 14.9. The van der Waals surface area contributed by atoms with Crippen LogP contribution in [0.5, 0.6) is 0 Å². The van der Waals surface area contributed by atoms with E-state index in [-0.39, 0.29) is 91.0 Å². The largest absolute Gasteiger partial charge is 0.417 e. The minimum absolute atomic E-state index is 0.00157. The average Bonchev–Trinajstić information content (AvgIpc) is 4.04. The highest BCUT2D eigenvalue weighted by atomic mass is 19.4. The topological polar surface area (TPSA) is 224 Å². The normalized spacial score (nSPS) is 26.3. The molecule has 0 amide bonds. The molecule has 4 aliphatic rings. The smallest absolute Gasteiger partial charge is 0.390 e. The number of rotatable bonds is 13. The van der Waals surface area contributed by atoms with Crippen molar-refractivity contribution in [1.29, 1.82) is 0 Å². The van der Waals surface area contributed by atoms with Crippen molar-refractivity contribution in [1.82, 2.24) is 46.5 Å². The van der Waals surface area contributed by atoms with Gasteiger partial charge in [0.1, 0.15) is 18.2 Å². The van der Waals surface area contributed by atoms with Crippen molar-refractivity contribution in [3.8, 4) is 0 Å². The van der Waals surface area contributed by atoms with Crippen molar-refractivity contribution < 1.29 is 28.1 Å². The van der Waals surface area contributed by atoms with Gasteiger partial charge in [-0.1, -0.05) is 0 Å². The van der Waals surface area contributed by atoms with Crippen molar-refractivity contribution in [2.75, 3.05) is 30.1 Å². The van der Waals surface area contributed by atoms with Gasteiger partial charge in [0.05, 0.1) is 30.5 Å². The third-order valence-electron chi connectivity index (χ3n) is 16.5. The molecule has 5 aromatic heterocycles. The van der Waals surface area contributed by atoms with E-state index in [1.807, 2.05) is 16.7 Å². The van der Waals surface area contributed by atoms with Gasteiger partial charge in [-0.2, -0.15) is 13.2 Å². The van der Waals surface area contributed by atoms with Crippen LogP contribution in [-0.4, -0.2) is 100.0 Å². The second-order valence-electron chi connectivity index (χ2n) is 21.4. The maximum Gasteiger partial charge on any atom is 0.417 e. The summed E-state index contributed by atoms with van der Waals surface area (Å²) in [6.07, 6.45) is 2.33. The van der Waals surface area contributed by atoms with Crippen LogP contribution < -0.4 is 43.5 Å². The van der Waals surface area contributed by atoms with Crippen LogP contribution in [0.3, 0.4) is 0 Å². The van der Waals surface area contributed by atoms with E-state index < -0.39 is 57.9 Å². The second-order valence-corrected chi connectivity index (χ2v) is 21.4. The number of aryl methyl sites for hydroxylation is 3. The van der Waals surface area contributed by atoms with E-state index in [9.17, 15) is 52.2 Å². The predicted molar refractivity (Wildman–Crippen MR) is 257 cm³/mol. The number of halogens is 3. The fraction of sp³-hybridized carbons (Fsp3) is 0.702. The molecule has 3 fully saturated rings. The standard InChI is InChI=1S/C47H65F3N12O9/c1-44(69)14-7-30(8-15-44)23-62-40(65)34-37(57(6)43(62)68)58(27-54(34)3)22-20-45(70)16-9-31(10-17-45)24-61-39(64)33-36(56(5)42(61)67)52-26-59(33)28-71-46(47(48,49)50)18-11-29(12-19-46)13-21-60-38(63)32-35(51-25-53(32)2)55(4)41(60)66/h25-26,29-31,69-70H,7-24,27-28H2,1-6H3. The summed E-state index contributed by atoms with van der Waals surface area (Å²) in [5, 5.41) is 22.2. The van der Waals surface area contributed by atoms with Crippen LogP contribution in [0.4, 0.5) is 24.7 Å². The summed E-state index contributed by atoms with van der Waals surface area (Å²) in [5.74, 6) is 0.198. The number of ether oxygens (including phenoxy) is 1. The lowest BCUT2D eigenvalue weighted by Gasteiger charge is -2.41. The Labute approximate surface area is 404 Å². The molecule has 71 heavy (non-hydrogen) atoms. The van der Waals surface area contributed by atoms with E-state index in [1.54, 1.807) is 21.1 Å². The Balaban J connectivity index is 0.830. The first kappa shape index (κ1) is 50.2. The summed E-state index contributed by atoms with van der Waals surface area (Å²) in [6.45, 7) is 2.19. The van der Waals surface area contributed by atoms with Gasteiger partial charge in [-0.15, -0.1) is 0 Å². The number of nitrogens with zero attached hydrogens (tertiary/aromatic N) is 12. The van der Waals surface area contributed by atoms with E-state index in [0.717, 1.165) is 22.0 Å². The molecule has 0 bridgehead atoms. The molecule has 3 saturated carbocycles. The first-order valence-corrected chi connectivity index (χ1v) is 24.6.